The van der Waals surface area contributed by atoms with Gasteiger partial charge in [0.05, 0.1) is 16.8 Å². The fourth-order valence-corrected chi connectivity index (χ4v) is 4.30. The molecule has 0 fully saturated rings. The standard InChI is InChI=1S/C23H22N2O3S/c1-29-20-13-7-6-12-19(20)25-21(26)14-28-23(27)22-15-8-2-4-10-17(15)24-18-11-5-3-9-16(18)22/h2,4,6-8,10,12-13H,3,5,9,11,14H2,1H3,(H,25,26). The molecule has 0 atom stereocenters. The summed E-state index contributed by atoms with van der Waals surface area (Å²) in [7, 11) is 0. The lowest BCUT2D eigenvalue weighted by Gasteiger charge is -2.20. The lowest BCUT2D eigenvalue weighted by atomic mass is 9.90. The Morgan fingerprint density at radius 3 is 2.69 bits per heavy atom. The van der Waals surface area contributed by atoms with Crippen LogP contribution in [-0.4, -0.2) is 29.7 Å². The number of carbonyl (C=O) groups is 2. The number of thioether (sulfide) groups is 1. The molecule has 0 radical (unpaired) electrons. The summed E-state index contributed by atoms with van der Waals surface area (Å²) in [4.78, 5) is 31.0. The minimum absolute atomic E-state index is 0.326. The predicted octanol–water partition coefficient (Wildman–Crippen LogP) is 4.63. The van der Waals surface area contributed by atoms with Gasteiger partial charge in [0, 0.05) is 16.0 Å². The molecular formula is C23H22N2O3S. The summed E-state index contributed by atoms with van der Waals surface area (Å²) < 4.78 is 5.42. The molecule has 1 heterocycles. The zero-order valence-corrected chi connectivity index (χ0v) is 17.1. The Morgan fingerprint density at radius 1 is 1.07 bits per heavy atom. The zero-order valence-electron chi connectivity index (χ0n) is 16.2. The van der Waals surface area contributed by atoms with E-state index in [0.29, 0.717) is 11.3 Å². The smallest absolute Gasteiger partial charge is 0.339 e. The van der Waals surface area contributed by atoms with Crippen molar-refractivity contribution in [3.8, 4) is 0 Å². The van der Waals surface area contributed by atoms with E-state index in [-0.39, 0.29) is 12.5 Å². The molecule has 1 aliphatic carbocycles. The number of anilines is 1. The minimum Gasteiger partial charge on any atom is -0.452 e. The van der Waals surface area contributed by atoms with Crippen LogP contribution >= 0.6 is 11.8 Å². The molecule has 0 unspecified atom stereocenters. The predicted molar refractivity (Wildman–Crippen MR) is 116 cm³/mol. The van der Waals surface area contributed by atoms with Gasteiger partial charge in [-0.25, -0.2) is 4.79 Å². The van der Waals surface area contributed by atoms with Gasteiger partial charge in [-0.15, -0.1) is 11.8 Å². The molecule has 0 bridgehead atoms. The van der Waals surface area contributed by atoms with Gasteiger partial charge in [-0.1, -0.05) is 30.3 Å². The maximum absolute atomic E-state index is 13.0. The second-order valence-corrected chi connectivity index (χ2v) is 7.81. The molecule has 1 aliphatic rings. The summed E-state index contributed by atoms with van der Waals surface area (Å²) in [5.74, 6) is -0.817. The van der Waals surface area contributed by atoms with Crippen molar-refractivity contribution in [1.82, 2.24) is 4.98 Å². The molecule has 0 spiro atoms. The van der Waals surface area contributed by atoms with Crippen molar-refractivity contribution in [2.75, 3.05) is 18.2 Å². The molecule has 6 heteroatoms. The van der Waals surface area contributed by atoms with E-state index in [1.54, 1.807) is 11.8 Å². The van der Waals surface area contributed by atoms with Crippen LogP contribution in [-0.2, 0) is 22.4 Å². The average Bonchev–Trinajstić information content (AvgIpc) is 2.76. The Hall–Kier alpha value is -2.86. The van der Waals surface area contributed by atoms with Crippen LogP contribution in [0.2, 0.25) is 0 Å². The summed E-state index contributed by atoms with van der Waals surface area (Å²) in [5, 5.41) is 3.60. The van der Waals surface area contributed by atoms with Gasteiger partial charge in [0.15, 0.2) is 6.61 Å². The highest BCUT2D eigenvalue weighted by Crippen LogP contribution is 2.30. The number of rotatable bonds is 5. The van der Waals surface area contributed by atoms with Gasteiger partial charge >= 0.3 is 5.97 Å². The van der Waals surface area contributed by atoms with Crippen molar-refractivity contribution in [2.45, 2.75) is 30.6 Å². The van der Waals surface area contributed by atoms with Crippen LogP contribution in [0, 0.1) is 0 Å². The summed E-state index contributed by atoms with van der Waals surface area (Å²) in [6.07, 6.45) is 5.73. The fourth-order valence-electron chi connectivity index (χ4n) is 3.74. The van der Waals surface area contributed by atoms with Crippen LogP contribution in [0.25, 0.3) is 10.9 Å². The molecule has 5 nitrogen and oxygen atoms in total. The second-order valence-electron chi connectivity index (χ2n) is 6.96. The maximum atomic E-state index is 13.0. The summed E-state index contributed by atoms with van der Waals surface area (Å²) >= 11 is 1.55. The third-order valence-corrected chi connectivity index (χ3v) is 5.88. The number of ether oxygens (including phenoxy) is 1. The summed E-state index contributed by atoms with van der Waals surface area (Å²) in [6.45, 7) is -0.326. The lowest BCUT2D eigenvalue weighted by molar-refractivity contribution is -0.119. The first-order valence-electron chi connectivity index (χ1n) is 9.68. The van der Waals surface area contributed by atoms with E-state index in [9.17, 15) is 9.59 Å². The third-order valence-electron chi connectivity index (χ3n) is 5.09. The number of para-hydroxylation sites is 2. The third kappa shape index (κ3) is 4.12. The normalized spacial score (nSPS) is 13.0. The largest absolute Gasteiger partial charge is 0.452 e. The highest BCUT2D eigenvalue weighted by molar-refractivity contribution is 7.98. The number of aryl methyl sites for hydroxylation is 1. The van der Waals surface area contributed by atoms with Gasteiger partial charge in [0.25, 0.3) is 5.91 Å². The molecule has 0 saturated carbocycles. The van der Waals surface area contributed by atoms with Gasteiger partial charge in [-0.2, -0.15) is 0 Å². The molecular weight excluding hydrogens is 384 g/mol. The van der Waals surface area contributed by atoms with Crippen molar-refractivity contribution >= 4 is 40.2 Å². The summed E-state index contributed by atoms with van der Waals surface area (Å²) in [5.41, 5.74) is 4.00. The topological polar surface area (TPSA) is 68.3 Å². The fraction of sp³-hybridized carbons (Fsp3) is 0.261. The monoisotopic (exact) mass is 406 g/mol. The number of hydrogen-bond donors (Lipinski definition) is 1. The Balaban J connectivity index is 1.54. The van der Waals surface area contributed by atoms with Gasteiger partial charge < -0.3 is 10.1 Å². The van der Waals surface area contributed by atoms with Crippen molar-refractivity contribution in [1.29, 1.82) is 0 Å². The van der Waals surface area contributed by atoms with Crippen LogP contribution in [0.5, 0.6) is 0 Å². The van der Waals surface area contributed by atoms with E-state index in [0.717, 1.165) is 52.7 Å². The van der Waals surface area contributed by atoms with E-state index in [1.165, 1.54) is 0 Å². The Bertz CT molecular complexity index is 1080. The first-order valence-corrected chi connectivity index (χ1v) is 10.9. The van der Waals surface area contributed by atoms with Crippen molar-refractivity contribution in [3.63, 3.8) is 0 Å². The molecule has 4 rings (SSSR count). The van der Waals surface area contributed by atoms with E-state index >= 15 is 0 Å². The van der Waals surface area contributed by atoms with Crippen molar-refractivity contribution < 1.29 is 14.3 Å². The first kappa shape index (κ1) is 19.5. The van der Waals surface area contributed by atoms with Crippen LogP contribution in [0.3, 0.4) is 0 Å². The molecule has 1 aromatic heterocycles. The number of carbonyl (C=O) groups excluding carboxylic acids is 2. The zero-order chi connectivity index (χ0) is 20.2. The first-order chi connectivity index (χ1) is 14.2. The Kier molecular flexibility index (Phi) is 5.81. The van der Waals surface area contributed by atoms with E-state index in [1.807, 2.05) is 54.8 Å². The molecule has 0 saturated heterocycles. The second kappa shape index (κ2) is 8.66. The van der Waals surface area contributed by atoms with Crippen LogP contribution < -0.4 is 5.32 Å². The van der Waals surface area contributed by atoms with Crippen molar-refractivity contribution in [3.05, 3.63) is 65.4 Å². The number of amides is 1. The molecule has 148 valence electrons. The van der Waals surface area contributed by atoms with Crippen molar-refractivity contribution in [2.24, 2.45) is 0 Å². The number of nitrogens with zero attached hydrogens (tertiary/aromatic N) is 1. The van der Waals surface area contributed by atoms with Gasteiger partial charge in [-0.05, 0) is 55.7 Å². The molecule has 2 aromatic carbocycles. The minimum atomic E-state index is -0.463. The number of pyridine rings is 1. The average molecular weight is 407 g/mol. The SMILES string of the molecule is CSc1ccccc1NC(=O)COC(=O)c1c2c(nc3ccccc13)CCCC2. The molecule has 29 heavy (non-hydrogen) atoms. The molecule has 1 N–H and O–H groups in total. The number of fused-ring (bicyclic) bond motifs is 2. The van der Waals surface area contributed by atoms with Gasteiger partial charge in [0.2, 0.25) is 0 Å². The number of nitrogens with one attached hydrogen (secondary N) is 1. The number of esters is 1. The number of hydrogen-bond acceptors (Lipinski definition) is 5. The Morgan fingerprint density at radius 2 is 1.83 bits per heavy atom. The molecule has 0 aliphatic heterocycles. The maximum Gasteiger partial charge on any atom is 0.339 e. The van der Waals surface area contributed by atoms with Gasteiger partial charge in [-0.3, -0.25) is 9.78 Å². The number of aromatic nitrogens is 1. The highest BCUT2D eigenvalue weighted by atomic mass is 32.2. The van der Waals surface area contributed by atoms with Gasteiger partial charge in [0.1, 0.15) is 0 Å². The number of benzene rings is 2. The van der Waals surface area contributed by atoms with E-state index in [4.69, 9.17) is 9.72 Å². The van der Waals surface area contributed by atoms with Crippen LogP contribution in [0.1, 0.15) is 34.5 Å². The highest BCUT2D eigenvalue weighted by Gasteiger charge is 2.24. The van der Waals surface area contributed by atoms with E-state index < -0.39 is 5.97 Å². The molecule has 1 amide bonds. The summed E-state index contributed by atoms with van der Waals surface area (Å²) in [6, 6.07) is 15.1. The lowest BCUT2D eigenvalue weighted by Crippen LogP contribution is -2.23. The molecule has 3 aromatic rings. The van der Waals surface area contributed by atoms with Crippen LogP contribution in [0.4, 0.5) is 5.69 Å². The van der Waals surface area contributed by atoms with E-state index in [2.05, 4.69) is 5.32 Å². The Labute approximate surface area is 173 Å². The van der Waals surface area contributed by atoms with Crippen LogP contribution in [0.15, 0.2) is 53.4 Å². The quantitative estimate of drug-likeness (QED) is 0.494.